The minimum absolute atomic E-state index is 0.251. The predicted octanol–water partition coefficient (Wildman–Crippen LogP) is 5.46. The van der Waals surface area contributed by atoms with E-state index >= 15 is 0 Å². The van der Waals surface area contributed by atoms with Crippen LogP contribution >= 0.6 is 11.6 Å². The van der Waals surface area contributed by atoms with Crippen molar-refractivity contribution in [1.82, 2.24) is 14.9 Å². The summed E-state index contributed by atoms with van der Waals surface area (Å²) in [5, 5.41) is 9.17. The molecule has 1 aromatic carbocycles. The van der Waals surface area contributed by atoms with Gasteiger partial charge in [0, 0.05) is 35.9 Å². The van der Waals surface area contributed by atoms with Crippen molar-refractivity contribution in [2.24, 2.45) is 5.92 Å². The third-order valence-corrected chi connectivity index (χ3v) is 6.67. The molecule has 1 fully saturated rings. The standard InChI is InChI=1S/C28H36ClN5O2/c1-5-19(3)28(25(29)6-2)20(4)36-23-8-10-27(31)24(15-23)26(30)9-7-21-16-33-22(17-32-21)18-34-11-13-35-14-12-34/h6-10,15-17,19-20,30H,2,5,11-14,18,31H2,1,3-4H3/b9-7+,28-25-,30-26?. The largest absolute Gasteiger partial charge is 0.486 e. The van der Waals surface area contributed by atoms with Gasteiger partial charge in [-0.3, -0.25) is 14.9 Å². The molecule has 3 N–H and O–H groups in total. The molecule has 2 unspecified atom stereocenters. The second kappa shape index (κ2) is 13.3. The Kier molecular flexibility index (Phi) is 10.2. The maximum absolute atomic E-state index is 8.56. The van der Waals surface area contributed by atoms with E-state index in [4.69, 9.17) is 32.2 Å². The highest BCUT2D eigenvalue weighted by atomic mass is 35.5. The van der Waals surface area contributed by atoms with Crippen LogP contribution in [0.4, 0.5) is 5.69 Å². The van der Waals surface area contributed by atoms with Gasteiger partial charge in [-0.2, -0.15) is 0 Å². The molecule has 0 radical (unpaired) electrons. The monoisotopic (exact) mass is 509 g/mol. The third-order valence-electron chi connectivity index (χ3n) is 6.30. The van der Waals surface area contributed by atoms with Crippen molar-refractivity contribution in [2.75, 3.05) is 32.0 Å². The van der Waals surface area contributed by atoms with Gasteiger partial charge in [-0.15, -0.1) is 0 Å². The zero-order chi connectivity index (χ0) is 26.1. The molecule has 36 heavy (non-hydrogen) atoms. The third kappa shape index (κ3) is 7.50. The Labute approximate surface area is 219 Å². The number of nitrogens with zero attached hydrogens (tertiary/aromatic N) is 3. The molecule has 1 aromatic heterocycles. The fourth-order valence-corrected chi connectivity index (χ4v) is 4.40. The van der Waals surface area contributed by atoms with Gasteiger partial charge in [-0.25, -0.2) is 0 Å². The van der Waals surface area contributed by atoms with Crippen LogP contribution in [0.15, 0.2) is 59.9 Å². The van der Waals surface area contributed by atoms with Crippen molar-refractivity contribution in [1.29, 1.82) is 5.41 Å². The summed E-state index contributed by atoms with van der Waals surface area (Å²) in [4.78, 5) is 11.3. The molecular formula is C28H36ClN5O2. The van der Waals surface area contributed by atoms with Crippen LogP contribution in [0, 0.1) is 11.3 Å². The van der Waals surface area contributed by atoms with E-state index in [1.165, 1.54) is 0 Å². The molecule has 192 valence electrons. The smallest absolute Gasteiger partial charge is 0.121 e. The molecule has 2 atom stereocenters. The summed E-state index contributed by atoms with van der Waals surface area (Å²) in [6.07, 6.45) is 9.26. The van der Waals surface area contributed by atoms with Crippen molar-refractivity contribution in [3.8, 4) is 5.75 Å². The Morgan fingerprint density at radius 3 is 2.67 bits per heavy atom. The average molecular weight is 510 g/mol. The van der Waals surface area contributed by atoms with Crippen molar-refractivity contribution in [3.63, 3.8) is 0 Å². The molecule has 1 saturated heterocycles. The summed E-state index contributed by atoms with van der Waals surface area (Å²) in [5.74, 6) is 0.868. The maximum atomic E-state index is 8.56. The summed E-state index contributed by atoms with van der Waals surface area (Å²) in [6.45, 7) is 14.1. The second-order valence-electron chi connectivity index (χ2n) is 8.89. The number of allylic oxidation sites excluding steroid dienone is 3. The van der Waals surface area contributed by atoms with Crippen LogP contribution < -0.4 is 10.5 Å². The Balaban J connectivity index is 1.68. The van der Waals surface area contributed by atoms with Crippen LogP contribution in [0.1, 0.15) is 44.1 Å². The van der Waals surface area contributed by atoms with E-state index in [-0.39, 0.29) is 17.7 Å². The Morgan fingerprint density at radius 1 is 1.28 bits per heavy atom. The van der Waals surface area contributed by atoms with Gasteiger partial charge >= 0.3 is 0 Å². The minimum Gasteiger partial charge on any atom is -0.486 e. The number of nitrogen functional groups attached to an aromatic ring is 1. The molecule has 0 bridgehead atoms. The normalized spacial score (nSPS) is 16.9. The van der Waals surface area contributed by atoms with Gasteiger partial charge in [-0.05, 0) is 55.2 Å². The molecule has 7 nitrogen and oxygen atoms in total. The number of halogens is 1. The fraction of sp³-hybridized carbons (Fsp3) is 0.393. The summed E-state index contributed by atoms with van der Waals surface area (Å²) >= 11 is 6.43. The first-order valence-corrected chi connectivity index (χ1v) is 12.7. The van der Waals surface area contributed by atoms with E-state index < -0.39 is 0 Å². The molecule has 1 aliphatic rings. The number of hydrogen-bond donors (Lipinski definition) is 2. The van der Waals surface area contributed by atoms with Gasteiger partial charge in [-0.1, -0.05) is 38.1 Å². The van der Waals surface area contributed by atoms with Crippen molar-refractivity contribution < 1.29 is 9.47 Å². The lowest BCUT2D eigenvalue weighted by Gasteiger charge is -2.25. The fourth-order valence-electron chi connectivity index (χ4n) is 4.06. The van der Waals surface area contributed by atoms with Crippen molar-refractivity contribution >= 4 is 29.1 Å². The lowest BCUT2D eigenvalue weighted by atomic mass is 9.93. The van der Waals surface area contributed by atoms with Crippen LogP contribution in [-0.2, 0) is 11.3 Å². The van der Waals surface area contributed by atoms with Crippen molar-refractivity contribution in [3.05, 3.63) is 76.9 Å². The van der Waals surface area contributed by atoms with Gasteiger partial charge < -0.3 is 20.6 Å². The van der Waals surface area contributed by atoms with E-state index in [0.717, 1.165) is 50.5 Å². The van der Waals surface area contributed by atoms with Crippen LogP contribution in [0.2, 0.25) is 0 Å². The van der Waals surface area contributed by atoms with Crippen molar-refractivity contribution in [2.45, 2.75) is 39.8 Å². The van der Waals surface area contributed by atoms with Gasteiger partial charge in [0.25, 0.3) is 0 Å². The Hall–Kier alpha value is -3.00. The van der Waals surface area contributed by atoms with Crippen LogP contribution in [-0.4, -0.2) is 53.0 Å². The zero-order valence-corrected chi connectivity index (χ0v) is 22.1. The molecular weight excluding hydrogens is 474 g/mol. The first kappa shape index (κ1) is 27.6. The highest BCUT2D eigenvalue weighted by Gasteiger charge is 2.20. The Morgan fingerprint density at radius 2 is 2.03 bits per heavy atom. The van der Waals surface area contributed by atoms with E-state index in [9.17, 15) is 0 Å². The number of aromatic nitrogens is 2. The number of rotatable bonds is 11. The van der Waals surface area contributed by atoms with E-state index in [1.807, 2.05) is 6.92 Å². The molecule has 3 rings (SSSR count). The van der Waals surface area contributed by atoms with Crippen LogP contribution in [0.5, 0.6) is 5.75 Å². The topological polar surface area (TPSA) is 97.4 Å². The molecule has 8 heteroatoms. The molecule has 0 aliphatic carbocycles. The molecule has 0 amide bonds. The predicted molar refractivity (Wildman–Crippen MR) is 147 cm³/mol. The van der Waals surface area contributed by atoms with E-state index in [0.29, 0.717) is 27.7 Å². The average Bonchev–Trinajstić information content (AvgIpc) is 2.89. The molecule has 1 aliphatic heterocycles. The molecule has 0 saturated carbocycles. The summed E-state index contributed by atoms with van der Waals surface area (Å²) in [5.41, 5.74) is 10.1. The lowest BCUT2D eigenvalue weighted by molar-refractivity contribution is 0.0336. The highest BCUT2D eigenvalue weighted by Crippen LogP contribution is 2.29. The van der Waals surface area contributed by atoms with Gasteiger partial charge in [0.1, 0.15) is 11.9 Å². The number of ether oxygens (including phenoxy) is 2. The SMILES string of the molecule is C=C/C(Cl)=C(\C(C)CC)C(C)Oc1ccc(N)c(C(=N)/C=C/c2cnc(CN3CCOCC3)cn2)c1. The van der Waals surface area contributed by atoms with Gasteiger partial charge in [0.05, 0.1) is 42.7 Å². The van der Waals surface area contributed by atoms with Gasteiger partial charge in [0.15, 0.2) is 0 Å². The van der Waals surface area contributed by atoms with Crippen LogP contribution in [0.3, 0.4) is 0 Å². The first-order chi connectivity index (χ1) is 17.3. The number of benzene rings is 1. The summed E-state index contributed by atoms with van der Waals surface area (Å²) in [7, 11) is 0. The summed E-state index contributed by atoms with van der Waals surface area (Å²) in [6, 6.07) is 5.34. The van der Waals surface area contributed by atoms with Crippen LogP contribution in [0.25, 0.3) is 6.08 Å². The van der Waals surface area contributed by atoms with E-state index in [2.05, 4.69) is 35.3 Å². The number of nitrogens with two attached hydrogens (primary N) is 1. The minimum atomic E-state index is -0.252. The summed E-state index contributed by atoms with van der Waals surface area (Å²) < 4.78 is 11.6. The molecule has 2 heterocycles. The number of anilines is 1. The highest BCUT2D eigenvalue weighted by molar-refractivity contribution is 6.31. The number of morpholine rings is 1. The Bertz CT molecular complexity index is 1110. The quantitative estimate of drug-likeness (QED) is 0.237. The molecule has 0 spiro atoms. The second-order valence-corrected chi connectivity index (χ2v) is 9.30. The molecule has 2 aromatic rings. The van der Waals surface area contributed by atoms with Gasteiger partial charge in [0.2, 0.25) is 0 Å². The number of hydrogen-bond acceptors (Lipinski definition) is 7. The van der Waals surface area contributed by atoms with E-state index in [1.54, 1.807) is 48.8 Å². The maximum Gasteiger partial charge on any atom is 0.121 e. The number of nitrogens with one attached hydrogen (secondary N) is 1. The lowest BCUT2D eigenvalue weighted by Crippen LogP contribution is -2.35. The zero-order valence-electron chi connectivity index (χ0n) is 21.3. The first-order valence-electron chi connectivity index (χ1n) is 12.3.